The SMILES string of the molecule is C=C(SC(C)(I)CNC)N(CCC)CCNC(/N=C\C)=C1\CC(C(C)C)SC1C=N. The highest BCUT2D eigenvalue weighted by Crippen LogP contribution is 2.42. The molecule has 3 N–H and O–H groups in total. The van der Waals surface area contributed by atoms with Gasteiger partial charge in [0.2, 0.25) is 0 Å². The molecule has 8 heteroatoms. The molecular formula is C22H40IN5S2. The van der Waals surface area contributed by atoms with Gasteiger partial charge in [-0.2, -0.15) is 0 Å². The maximum atomic E-state index is 7.87. The van der Waals surface area contributed by atoms with Crippen LogP contribution in [0.15, 0.2) is 28.0 Å². The summed E-state index contributed by atoms with van der Waals surface area (Å²) in [6.07, 6.45) is 5.51. The van der Waals surface area contributed by atoms with Crippen molar-refractivity contribution in [1.29, 1.82) is 5.41 Å². The van der Waals surface area contributed by atoms with Gasteiger partial charge in [-0.15, -0.1) is 11.8 Å². The van der Waals surface area contributed by atoms with Crippen molar-refractivity contribution in [1.82, 2.24) is 15.5 Å². The number of hydrogen-bond donors (Lipinski definition) is 3. The Morgan fingerprint density at radius 2 is 2.20 bits per heavy atom. The first-order valence-electron chi connectivity index (χ1n) is 10.8. The smallest absolute Gasteiger partial charge is 0.126 e. The zero-order valence-corrected chi connectivity index (χ0v) is 23.2. The second-order valence-electron chi connectivity index (χ2n) is 8.01. The predicted molar refractivity (Wildman–Crippen MR) is 148 cm³/mol. The van der Waals surface area contributed by atoms with Crippen molar-refractivity contribution >= 4 is 58.5 Å². The lowest BCUT2D eigenvalue weighted by molar-refractivity contribution is 0.367. The number of rotatable bonds is 14. The number of nitrogens with one attached hydrogen (secondary N) is 3. The first-order chi connectivity index (χ1) is 14.2. The molecule has 0 aromatic heterocycles. The molecule has 1 fully saturated rings. The topological polar surface area (TPSA) is 63.5 Å². The average molecular weight is 566 g/mol. The van der Waals surface area contributed by atoms with Crippen LogP contribution in [-0.4, -0.2) is 63.8 Å². The largest absolute Gasteiger partial charge is 0.368 e. The minimum Gasteiger partial charge on any atom is -0.368 e. The molecule has 0 spiro atoms. The van der Waals surface area contributed by atoms with Gasteiger partial charge in [0.25, 0.3) is 0 Å². The van der Waals surface area contributed by atoms with Crippen LogP contribution in [0, 0.1) is 11.3 Å². The highest BCUT2D eigenvalue weighted by Gasteiger charge is 2.33. The summed E-state index contributed by atoms with van der Waals surface area (Å²) in [6.45, 7) is 18.9. The highest BCUT2D eigenvalue weighted by atomic mass is 127. The van der Waals surface area contributed by atoms with Crippen LogP contribution in [0.4, 0.5) is 0 Å². The summed E-state index contributed by atoms with van der Waals surface area (Å²) in [5.74, 6) is 1.55. The van der Waals surface area contributed by atoms with Crippen molar-refractivity contribution in [2.75, 3.05) is 33.2 Å². The van der Waals surface area contributed by atoms with Crippen molar-refractivity contribution in [3.05, 3.63) is 23.0 Å². The van der Waals surface area contributed by atoms with E-state index in [9.17, 15) is 0 Å². The summed E-state index contributed by atoms with van der Waals surface area (Å²) in [6, 6.07) is 0. The van der Waals surface area contributed by atoms with Gasteiger partial charge in [-0.1, -0.05) is 61.7 Å². The normalized spacial score (nSPS) is 22.9. The molecule has 5 nitrogen and oxygen atoms in total. The van der Waals surface area contributed by atoms with Gasteiger partial charge in [-0.25, -0.2) is 4.99 Å². The molecule has 172 valence electrons. The monoisotopic (exact) mass is 565 g/mol. The lowest BCUT2D eigenvalue weighted by Gasteiger charge is -2.31. The van der Waals surface area contributed by atoms with Gasteiger partial charge < -0.3 is 20.9 Å². The van der Waals surface area contributed by atoms with Crippen molar-refractivity contribution in [2.45, 2.75) is 60.7 Å². The van der Waals surface area contributed by atoms with Gasteiger partial charge in [0.15, 0.2) is 0 Å². The summed E-state index contributed by atoms with van der Waals surface area (Å²) < 4.78 is 0.0762. The minimum absolute atomic E-state index is 0.0762. The second-order valence-corrected chi connectivity index (χ2v) is 14.1. The molecular weight excluding hydrogens is 525 g/mol. The summed E-state index contributed by atoms with van der Waals surface area (Å²) in [4.78, 5) is 7.01. The first-order valence-corrected chi connectivity index (χ1v) is 13.6. The lowest BCUT2D eigenvalue weighted by atomic mass is 10.0. The molecule has 1 aliphatic rings. The van der Waals surface area contributed by atoms with Crippen LogP contribution in [0.25, 0.3) is 0 Å². The third-order valence-electron chi connectivity index (χ3n) is 4.89. The van der Waals surface area contributed by atoms with Gasteiger partial charge in [-0.3, -0.25) is 0 Å². The van der Waals surface area contributed by atoms with Crippen LogP contribution < -0.4 is 10.6 Å². The third-order valence-corrected chi connectivity index (χ3v) is 8.77. The Labute approximate surface area is 206 Å². The maximum Gasteiger partial charge on any atom is 0.126 e. The van der Waals surface area contributed by atoms with E-state index in [2.05, 4.69) is 77.4 Å². The third kappa shape index (κ3) is 9.12. The molecule has 0 saturated carbocycles. The molecule has 0 aromatic carbocycles. The highest BCUT2D eigenvalue weighted by molar-refractivity contribution is 14.1. The molecule has 3 atom stereocenters. The fourth-order valence-corrected chi connectivity index (χ4v) is 6.97. The van der Waals surface area contributed by atoms with Crippen molar-refractivity contribution in [2.24, 2.45) is 10.9 Å². The van der Waals surface area contributed by atoms with E-state index in [-0.39, 0.29) is 8.00 Å². The van der Waals surface area contributed by atoms with E-state index >= 15 is 0 Å². The molecule has 0 aromatic rings. The van der Waals surface area contributed by atoms with Crippen LogP contribution in [0.5, 0.6) is 0 Å². The van der Waals surface area contributed by atoms with E-state index < -0.39 is 0 Å². The Morgan fingerprint density at radius 3 is 2.73 bits per heavy atom. The van der Waals surface area contributed by atoms with Gasteiger partial charge in [-0.05, 0) is 45.2 Å². The number of alkyl halides is 1. The van der Waals surface area contributed by atoms with Gasteiger partial charge >= 0.3 is 0 Å². The molecule has 1 rings (SSSR count). The summed E-state index contributed by atoms with van der Waals surface area (Å²) in [5.41, 5.74) is 1.26. The second kappa shape index (κ2) is 14.1. The molecule has 0 bridgehead atoms. The molecule has 0 aliphatic carbocycles. The van der Waals surface area contributed by atoms with E-state index in [0.717, 1.165) is 49.9 Å². The lowest BCUT2D eigenvalue weighted by Crippen LogP contribution is -2.34. The number of nitrogens with zero attached hydrogens (tertiary/aromatic N) is 2. The van der Waals surface area contributed by atoms with Gasteiger partial charge in [0.1, 0.15) is 5.82 Å². The van der Waals surface area contributed by atoms with E-state index in [1.54, 1.807) is 6.21 Å². The van der Waals surface area contributed by atoms with Crippen LogP contribution in [-0.2, 0) is 0 Å². The first kappa shape index (κ1) is 27.8. The molecule has 3 unspecified atom stereocenters. The maximum absolute atomic E-state index is 7.87. The Bertz CT molecular complexity index is 619. The van der Waals surface area contributed by atoms with Crippen molar-refractivity contribution in [3.63, 3.8) is 0 Å². The van der Waals surface area contributed by atoms with Crippen LogP contribution >= 0.6 is 46.1 Å². The zero-order valence-electron chi connectivity index (χ0n) is 19.4. The van der Waals surface area contributed by atoms with E-state index in [1.165, 1.54) is 5.57 Å². The fourth-order valence-electron chi connectivity index (χ4n) is 3.39. The standard InChI is InChI=1S/C22H40IN5S2/c1-8-11-28(17(5)30-22(6,23)15-25-7)12-10-27-21(26-9-2)18-13-19(16(3)4)29-20(18)14-24/h9,14,16,19-20,24-25,27H,5,8,10-13,15H2,1-4,6-7H3/b21-18+,24-14?,26-9-. The number of halogens is 1. The van der Waals surface area contributed by atoms with E-state index in [4.69, 9.17) is 5.41 Å². The van der Waals surface area contributed by atoms with Crippen LogP contribution in [0.3, 0.4) is 0 Å². The van der Waals surface area contributed by atoms with Crippen molar-refractivity contribution in [3.8, 4) is 0 Å². The number of aliphatic imine (C=N–C) groups is 1. The molecule has 30 heavy (non-hydrogen) atoms. The van der Waals surface area contributed by atoms with E-state index in [0.29, 0.717) is 11.2 Å². The quantitative estimate of drug-likeness (QED) is 0.151. The van der Waals surface area contributed by atoms with Crippen LogP contribution in [0.2, 0.25) is 0 Å². The number of thioether (sulfide) groups is 2. The van der Waals surface area contributed by atoms with Gasteiger partial charge in [0, 0.05) is 43.9 Å². The molecule has 1 aliphatic heterocycles. The van der Waals surface area contributed by atoms with Crippen molar-refractivity contribution < 1.29 is 0 Å². The average Bonchev–Trinajstić information content (AvgIpc) is 3.10. The zero-order chi connectivity index (χ0) is 22.7. The minimum atomic E-state index is 0.0762. The van der Waals surface area contributed by atoms with Gasteiger partial charge in [0.05, 0.1) is 13.0 Å². The van der Waals surface area contributed by atoms with E-state index in [1.807, 2.05) is 43.7 Å². The Morgan fingerprint density at radius 1 is 1.50 bits per heavy atom. The van der Waals surface area contributed by atoms with Crippen LogP contribution in [0.1, 0.15) is 47.5 Å². The molecule has 1 saturated heterocycles. The fraction of sp³-hybridized carbons (Fsp3) is 0.727. The summed E-state index contributed by atoms with van der Waals surface area (Å²) in [5, 5.41) is 16.5. The molecule has 1 heterocycles. The molecule has 0 amide bonds. The summed E-state index contributed by atoms with van der Waals surface area (Å²) >= 11 is 6.22. The summed E-state index contributed by atoms with van der Waals surface area (Å²) in [7, 11) is 1.99. The molecule has 0 radical (unpaired) electrons. The predicted octanol–water partition coefficient (Wildman–Crippen LogP) is 5.34. The Balaban J connectivity index is 2.83. The Kier molecular flexibility index (Phi) is 13.0. The number of hydrogen-bond acceptors (Lipinski definition) is 7. The Hall–Kier alpha value is -0.190.